The molecule has 2 aromatic rings. The van der Waals surface area contributed by atoms with Crippen LogP contribution in [0.25, 0.3) is 11.4 Å². The average molecular weight is 296 g/mol. The summed E-state index contributed by atoms with van der Waals surface area (Å²) in [4.78, 5) is 8.41. The summed E-state index contributed by atoms with van der Waals surface area (Å²) in [5.41, 5.74) is 7.06. The molecule has 0 aliphatic carbocycles. The van der Waals surface area contributed by atoms with E-state index in [2.05, 4.69) is 25.9 Å². The molecule has 0 amide bonds. The molecule has 88 valence electrons. The zero-order chi connectivity index (χ0) is 12.3. The van der Waals surface area contributed by atoms with Crippen molar-refractivity contribution in [1.29, 1.82) is 0 Å². The number of nitrogens with zero attached hydrogens (tertiary/aromatic N) is 2. The molecule has 3 nitrogen and oxygen atoms in total. The van der Waals surface area contributed by atoms with E-state index in [1.54, 1.807) is 18.5 Å². The normalized spacial score (nSPS) is 10.5. The quantitative estimate of drug-likeness (QED) is 0.947. The Labute approximate surface area is 107 Å². The molecule has 0 spiro atoms. The Morgan fingerprint density at radius 2 is 1.94 bits per heavy atom. The lowest BCUT2D eigenvalue weighted by Crippen LogP contribution is -2.03. The predicted octanol–water partition coefficient (Wildman–Crippen LogP) is 2.55. The molecule has 0 unspecified atom stereocenters. The Morgan fingerprint density at radius 3 is 2.59 bits per heavy atom. The highest BCUT2D eigenvalue weighted by molar-refractivity contribution is 9.10. The first-order valence-electron chi connectivity index (χ1n) is 5.17. The molecule has 1 aromatic heterocycles. The van der Waals surface area contributed by atoms with Gasteiger partial charge in [-0.15, -0.1) is 0 Å². The second kappa shape index (κ2) is 5.33. The van der Waals surface area contributed by atoms with E-state index in [-0.39, 0.29) is 5.82 Å². The van der Waals surface area contributed by atoms with Crippen LogP contribution in [0.4, 0.5) is 4.39 Å². The van der Waals surface area contributed by atoms with E-state index in [0.29, 0.717) is 17.9 Å². The predicted molar refractivity (Wildman–Crippen MR) is 67.9 cm³/mol. The summed E-state index contributed by atoms with van der Waals surface area (Å²) >= 11 is 3.35. The van der Waals surface area contributed by atoms with Gasteiger partial charge in [0, 0.05) is 22.4 Å². The maximum atomic E-state index is 13.1. The van der Waals surface area contributed by atoms with Gasteiger partial charge in [0.25, 0.3) is 0 Å². The number of rotatable bonds is 3. The first-order valence-corrected chi connectivity index (χ1v) is 5.96. The van der Waals surface area contributed by atoms with Gasteiger partial charge in [0.15, 0.2) is 5.82 Å². The highest BCUT2D eigenvalue weighted by atomic mass is 79.9. The van der Waals surface area contributed by atoms with Gasteiger partial charge in [-0.1, -0.05) is 15.9 Å². The van der Waals surface area contributed by atoms with Crippen molar-refractivity contribution in [3.63, 3.8) is 0 Å². The maximum Gasteiger partial charge on any atom is 0.160 e. The fourth-order valence-corrected chi connectivity index (χ4v) is 1.88. The Kier molecular flexibility index (Phi) is 3.81. The summed E-state index contributed by atoms with van der Waals surface area (Å²) in [6, 6.07) is 4.43. The van der Waals surface area contributed by atoms with Crippen LogP contribution in [0.15, 0.2) is 35.1 Å². The van der Waals surface area contributed by atoms with Crippen LogP contribution >= 0.6 is 15.9 Å². The number of hydrogen-bond acceptors (Lipinski definition) is 3. The lowest BCUT2D eigenvalue weighted by atomic mass is 10.2. The number of halogens is 2. The SMILES string of the molecule is NCCc1cnc(-c2cc(F)ccc2Br)nc1. The van der Waals surface area contributed by atoms with Crippen LogP contribution in [-0.2, 0) is 6.42 Å². The fourth-order valence-electron chi connectivity index (χ4n) is 1.46. The number of nitrogens with two attached hydrogens (primary N) is 1. The van der Waals surface area contributed by atoms with Gasteiger partial charge in [-0.05, 0) is 36.7 Å². The van der Waals surface area contributed by atoms with Gasteiger partial charge in [0.1, 0.15) is 5.82 Å². The third kappa shape index (κ3) is 2.87. The summed E-state index contributed by atoms with van der Waals surface area (Å²) in [7, 11) is 0. The Bertz CT molecular complexity index is 514. The van der Waals surface area contributed by atoms with E-state index >= 15 is 0 Å². The number of aromatic nitrogens is 2. The number of hydrogen-bond donors (Lipinski definition) is 1. The van der Waals surface area contributed by atoms with E-state index < -0.39 is 0 Å². The summed E-state index contributed by atoms with van der Waals surface area (Å²) in [5, 5.41) is 0. The van der Waals surface area contributed by atoms with Crippen LogP contribution in [0.1, 0.15) is 5.56 Å². The maximum absolute atomic E-state index is 13.1. The van der Waals surface area contributed by atoms with Crippen LogP contribution < -0.4 is 5.73 Å². The summed E-state index contributed by atoms with van der Waals surface area (Å²) in [6.07, 6.45) is 4.17. The highest BCUT2D eigenvalue weighted by Crippen LogP contribution is 2.25. The third-order valence-corrected chi connectivity index (χ3v) is 3.00. The van der Waals surface area contributed by atoms with Gasteiger partial charge >= 0.3 is 0 Å². The molecule has 1 heterocycles. The molecule has 5 heteroatoms. The van der Waals surface area contributed by atoms with Crippen LogP contribution in [0, 0.1) is 5.82 Å². The van der Waals surface area contributed by atoms with E-state index in [9.17, 15) is 4.39 Å². The van der Waals surface area contributed by atoms with Gasteiger partial charge in [0.05, 0.1) is 0 Å². The molecule has 0 atom stereocenters. The van der Waals surface area contributed by atoms with Crippen LogP contribution in [0.5, 0.6) is 0 Å². The molecular weight excluding hydrogens is 285 g/mol. The van der Waals surface area contributed by atoms with Crippen molar-refractivity contribution in [2.75, 3.05) is 6.54 Å². The van der Waals surface area contributed by atoms with Crippen molar-refractivity contribution >= 4 is 15.9 Å². The second-order valence-electron chi connectivity index (χ2n) is 3.58. The molecule has 0 aliphatic heterocycles. The molecule has 1 aromatic carbocycles. The molecular formula is C12H11BrFN3. The zero-order valence-electron chi connectivity index (χ0n) is 9.03. The molecule has 0 fully saturated rings. The molecule has 0 saturated carbocycles. The van der Waals surface area contributed by atoms with Crippen LogP contribution in [-0.4, -0.2) is 16.5 Å². The summed E-state index contributed by atoms with van der Waals surface area (Å²) < 4.78 is 13.9. The minimum Gasteiger partial charge on any atom is -0.330 e. The first kappa shape index (κ1) is 12.1. The van der Waals surface area contributed by atoms with Gasteiger partial charge < -0.3 is 5.73 Å². The molecule has 2 rings (SSSR count). The molecule has 0 radical (unpaired) electrons. The monoisotopic (exact) mass is 295 g/mol. The van der Waals surface area contributed by atoms with Gasteiger partial charge in [-0.3, -0.25) is 0 Å². The Morgan fingerprint density at radius 1 is 1.24 bits per heavy atom. The summed E-state index contributed by atoms with van der Waals surface area (Å²) in [5.74, 6) is 0.190. The standard InChI is InChI=1S/C12H11BrFN3/c13-11-2-1-9(14)5-10(11)12-16-6-8(3-4-15)7-17-12/h1-2,5-7H,3-4,15H2. The smallest absolute Gasteiger partial charge is 0.160 e. The number of benzene rings is 1. The van der Waals surface area contributed by atoms with Crippen LogP contribution in [0.2, 0.25) is 0 Å². The molecule has 17 heavy (non-hydrogen) atoms. The van der Waals surface area contributed by atoms with E-state index in [0.717, 1.165) is 16.5 Å². The highest BCUT2D eigenvalue weighted by Gasteiger charge is 2.07. The third-order valence-electron chi connectivity index (χ3n) is 2.31. The van der Waals surface area contributed by atoms with Crippen molar-refractivity contribution in [2.24, 2.45) is 5.73 Å². The van der Waals surface area contributed by atoms with Gasteiger partial charge in [-0.25, -0.2) is 14.4 Å². The molecule has 0 bridgehead atoms. The molecule has 0 saturated heterocycles. The summed E-state index contributed by atoms with van der Waals surface area (Å²) in [6.45, 7) is 0.562. The fraction of sp³-hybridized carbons (Fsp3) is 0.167. The van der Waals surface area contributed by atoms with E-state index in [4.69, 9.17) is 5.73 Å². The average Bonchev–Trinajstić information content (AvgIpc) is 2.34. The molecule has 0 aliphatic rings. The minimum atomic E-state index is -0.308. The van der Waals surface area contributed by atoms with Crippen molar-refractivity contribution in [2.45, 2.75) is 6.42 Å². The van der Waals surface area contributed by atoms with Crippen molar-refractivity contribution in [1.82, 2.24) is 9.97 Å². The Balaban J connectivity index is 2.36. The van der Waals surface area contributed by atoms with Crippen molar-refractivity contribution in [3.8, 4) is 11.4 Å². The Hall–Kier alpha value is -1.33. The minimum absolute atomic E-state index is 0.308. The van der Waals surface area contributed by atoms with Crippen molar-refractivity contribution in [3.05, 3.63) is 46.4 Å². The lowest BCUT2D eigenvalue weighted by molar-refractivity contribution is 0.628. The molecule has 2 N–H and O–H groups in total. The van der Waals surface area contributed by atoms with E-state index in [1.807, 2.05) is 0 Å². The second-order valence-corrected chi connectivity index (χ2v) is 4.43. The van der Waals surface area contributed by atoms with E-state index in [1.165, 1.54) is 12.1 Å². The van der Waals surface area contributed by atoms with Crippen molar-refractivity contribution < 1.29 is 4.39 Å². The largest absolute Gasteiger partial charge is 0.330 e. The topological polar surface area (TPSA) is 51.8 Å². The van der Waals surface area contributed by atoms with Gasteiger partial charge in [-0.2, -0.15) is 0 Å². The van der Waals surface area contributed by atoms with Gasteiger partial charge in [0.2, 0.25) is 0 Å². The zero-order valence-corrected chi connectivity index (χ0v) is 10.6. The lowest BCUT2D eigenvalue weighted by Gasteiger charge is -2.04. The first-order chi connectivity index (χ1) is 8.20. The van der Waals surface area contributed by atoms with Crippen LogP contribution in [0.3, 0.4) is 0 Å².